The molecular formula is C22H23N3OS. The Labute approximate surface area is 163 Å². The molecule has 3 aromatic rings. The number of amides is 1. The molecule has 1 aliphatic rings. The fourth-order valence-corrected chi connectivity index (χ4v) is 4.36. The van der Waals surface area contributed by atoms with E-state index < -0.39 is 0 Å². The van der Waals surface area contributed by atoms with Gasteiger partial charge in [-0.3, -0.25) is 14.7 Å². The number of piperidine rings is 1. The standard InChI is InChI=1S/C22H23N3OS/c26-22(21-20(11-15-27-21)17-6-2-1-3-7-17)24-18-9-13-25(14-10-18)16-19-8-4-5-12-23-19/h1-8,11-12,15,18H,9-10,13-14,16H2,(H,24,26). The molecule has 0 aliphatic carbocycles. The van der Waals surface area contributed by atoms with E-state index in [-0.39, 0.29) is 11.9 Å². The van der Waals surface area contributed by atoms with E-state index in [9.17, 15) is 4.79 Å². The fourth-order valence-electron chi connectivity index (χ4n) is 3.54. The van der Waals surface area contributed by atoms with Gasteiger partial charge in [-0.1, -0.05) is 36.4 Å². The lowest BCUT2D eigenvalue weighted by molar-refractivity contribution is 0.0913. The van der Waals surface area contributed by atoms with Crippen LogP contribution in [-0.4, -0.2) is 34.9 Å². The third kappa shape index (κ3) is 4.43. The molecule has 1 aromatic carbocycles. The van der Waals surface area contributed by atoms with Gasteiger partial charge in [0.25, 0.3) is 5.91 Å². The molecule has 0 spiro atoms. The zero-order chi connectivity index (χ0) is 18.5. The Morgan fingerprint density at radius 3 is 2.59 bits per heavy atom. The maximum Gasteiger partial charge on any atom is 0.262 e. The Hall–Kier alpha value is -2.50. The van der Waals surface area contributed by atoms with Gasteiger partial charge < -0.3 is 5.32 Å². The molecular weight excluding hydrogens is 354 g/mol. The summed E-state index contributed by atoms with van der Waals surface area (Å²) in [6.45, 7) is 2.85. The molecule has 0 bridgehead atoms. The number of aromatic nitrogens is 1. The first kappa shape index (κ1) is 17.9. The molecule has 0 atom stereocenters. The minimum atomic E-state index is 0.0482. The highest BCUT2D eigenvalue weighted by molar-refractivity contribution is 7.12. The van der Waals surface area contributed by atoms with E-state index in [1.54, 1.807) is 0 Å². The van der Waals surface area contributed by atoms with E-state index in [0.29, 0.717) is 0 Å². The first-order chi connectivity index (χ1) is 13.3. The molecule has 4 nitrogen and oxygen atoms in total. The summed E-state index contributed by atoms with van der Waals surface area (Å²) in [7, 11) is 0. The lowest BCUT2D eigenvalue weighted by Gasteiger charge is -2.32. The second-order valence-electron chi connectivity index (χ2n) is 6.87. The van der Waals surface area contributed by atoms with Crippen LogP contribution in [-0.2, 0) is 6.54 Å². The van der Waals surface area contributed by atoms with Crippen LogP contribution < -0.4 is 5.32 Å². The van der Waals surface area contributed by atoms with Crippen molar-refractivity contribution < 1.29 is 4.79 Å². The number of benzene rings is 1. The molecule has 0 radical (unpaired) electrons. The normalized spacial score (nSPS) is 15.6. The van der Waals surface area contributed by atoms with Crippen molar-refractivity contribution in [3.05, 3.63) is 76.7 Å². The van der Waals surface area contributed by atoms with E-state index >= 15 is 0 Å². The van der Waals surface area contributed by atoms with Gasteiger partial charge in [0.2, 0.25) is 0 Å². The summed E-state index contributed by atoms with van der Waals surface area (Å²) in [5, 5.41) is 5.24. The van der Waals surface area contributed by atoms with E-state index in [0.717, 1.165) is 54.2 Å². The molecule has 1 amide bonds. The summed E-state index contributed by atoms with van der Waals surface area (Å²) >= 11 is 1.51. The number of carbonyl (C=O) groups excluding carboxylic acids is 1. The number of hydrogen-bond donors (Lipinski definition) is 1. The van der Waals surface area contributed by atoms with Crippen LogP contribution in [0.1, 0.15) is 28.2 Å². The zero-order valence-corrected chi connectivity index (χ0v) is 16.0. The fraction of sp³-hybridized carbons (Fsp3) is 0.273. The average Bonchev–Trinajstić information content (AvgIpc) is 3.21. The molecule has 1 fully saturated rings. The van der Waals surface area contributed by atoms with Crippen molar-refractivity contribution in [2.45, 2.75) is 25.4 Å². The van der Waals surface area contributed by atoms with Crippen LogP contribution in [0.15, 0.2) is 66.2 Å². The summed E-state index contributed by atoms with van der Waals surface area (Å²) < 4.78 is 0. The van der Waals surface area contributed by atoms with E-state index in [2.05, 4.69) is 33.4 Å². The second kappa shape index (κ2) is 8.46. The van der Waals surface area contributed by atoms with Crippen LogP contribution in [0.4, 0.5) is 0 Å². The van der Waals surface area contributed by atoms with Gasteiger partial charge in [0, 0.05) is 37.4 Å². The summed E-state index contributed by atoms with van der Waals surface area (Å²) in [5.74, 6) is 0.0482. The number of nitrogens with one attached hydrogen (secondary N) is 1. The molecule has 1 saturated heterocycles. The minimum absolute atomic E-state index is 0.0482. The summed E-state index contributed by atoms with van der Waals surface area (Å²) in [4.78, 5) is 20.4. The maximum atomic E-state index is 12.8. The average molecular weight is 378 g/mol. The molecule has 1 aliphatic heterocycles. The number of nitrogens with zero attached hydrogens (tertiary/aromatic N) is 2. The predicted octanol–water partition coefficient (Wildman–Crippen LogP) is 4.20. The molecule has 138 valence electrons. The van der Waals surface area contributed by atoms with Gasteiger partial charge in [-0.05, 0) is 42.0 Å². The van der Waals surface area contributed by atoms with Crippen molar-refractivity contribution in [2.24, 2.45) is 0 Å². The highest BCUT2D eigenvalue weighted by Gasteiger charge is 2.23. The van der Waals surface area contributed by atoms with Crippen LogP contribution >= 0.6 is 11.3 Å². The smallest absolute Gasteiger partial charge is 0.262 e. The van der Waals surface area contributed by atoms with Crippen LogP contribution in [0.25, 0.3) is 11.1 Å². The van der Waals surface area contributed by atoms with Crippen molar-refractivity contribution in [1.82, 2.24) is 15.2 Å². The largest absolute Gasteiger partial charge is 0.348 e. The van der Waals surface area contributed by atoms with Crippen LogP contribution in [0.3, 0.4) is 0 Å². The molecule has 27 heavy (non-hydrogen) atoms. The monoisotopic (exact) mass is 377 g/mol. The van der Waals surface area contributed by atoms with E-state index in [1.807, 2.05) is 48.0 Å². The Bertz CT molecular complexity index is 871. The van der Waals surface area contributed by atoms with Gasteiger partial charge >= 0.3 is 0 Å². The summed E-state index contributed by atoms with van der Waals surface area (Å²) in [5.41, 5.74) is 3.21. The van der Waals surface area contributed by atoms with Crippen molar-refractivity contribution in [3.63, 3.8) is 0 Å². The Kier molecular flexibility index (Phi) is 5.61. The van der Waals surface area contributed by atoms with Crippen LogP contribution in [0.5, 0.6) is 0 Å². The molecule has 3 heterocycles. The number of hydrogen-bond acceptors (Lipinski definition) is 4. The molecule has 4 rings (SSSR count). The van der Waals surface area contributed by atoms with Crippen LogP contribution in [0, 0.1) is 0 Å². The number of carbonyl (C=O) groups is 1. The molecule has 2 aromatic heterocycles. The van der Waals surface area contributed by atoms with Gasteiger partial charge in [-0.25, -0.2) is 0 Å². The predicted molar refractivity (Wildman–Crippen MR) is 110 cm³/mol. The molecule has 0 unspecified atom stereocenters. The van der Waals surface area contributed by atoms with Crippen LogP contribution in [0.2, 0.25) is 0 Å². The number of thiophene rings is 1. The Morgan fingerprint density at radius 2 is 1.85 bits per heavy atom. The first-order valence-corrected chi connectivity index (χ1v) is 10.2. The third-order valence-electron chi connectivity index (χ3n) is 4.99. The lowest BCUT2D eigenvalue weighted by Crippen LogP contribution is -2.44. The van der Waals surface area contributed by atoms with E-state index in [1.165, 1.54) is 11.3 Å². The number of pyridine rings is 1. The topological polar surface area (TPSA) is 45.2 Å². The first-order valence-electron chi connectivity index (χ1n) is 9.35. The van der Waals surface area contributed by atoms with Gasteiger partial charge in [0.1, 0.15) is 0 Å². The highest BCUT2D eigenvalue weighted by atomic mass is 32.1. The second-order valence-corrected chi connectivity index (χ2v) is 7.79. The van der Waals surface area contributed by atoms with Gasteiger partial charge in [0.15, 0.2) is 0 Å². The summed E-state index contributed by atoms with van der Waals surface area (Å²) in [6, 6.07) is 18.4. The van der Waals surface area contributed by atoms with Crippen molar-refractivity contribution >= 4 is 17.2 Å². The Morgan fingerprint density at radius 1 is 1.07 bits per heavy atom. The third-order valence-corrected chi connectivity index (χ3v) is 5.90. The van der Waals surface area contributed by atoms with E-state index in [4.69, 9.17) is 0 Å². The zero-order valence-electron chi connectivity index (χ0n) is 15.2. The molecule has 0 saturated carbocycles. The van der Waals surface area contributed by atoms with Crippen molar-refractivity contribution in [1.29, 1.82) is 0 Å². The highest BCUT2D eigenvalue weighted by Crippen LogP contribution is 2.28. The summed E-state index contributed by atoms with van der Waals surface area (Å²) in [6.07, 6.45) is 3.79. The van der Waals surface area contributed by atoms with Gasteiger partial charge in [-0.15, -0.1) is 11.3 Å². The number of rotatable bonds is 5. The van der Waals surface area contributed by atoms with Gasteiger partial charge in [0.05, 0.1) is 10.6 Å². The SMILES string of the molecule is O=C(NC1CCN(Cc2ccccn2)CC1)c1sccc1-c1ccccc1. The quantitative estimate of drug-likeness (QED) is 0.725. The lowest BCUT2D eigenvalue weighted by atomic mass is 10.0. The van der Waals surface area contributed by atoms with Crippen molar-refractivity contribution in [2.75, 3.05) is 13.1 Å². The van der Waals surface area contributed by atoms with Gasteiger partial charge in [-0.2, -0.15) is 0 Å². The number of likely N-dealkylation sites (tertiary alicyclic amines) is 1. The van der Waals surface area contributed by atoms with Crippen molar-refractivity contribution in [3.8, 4) is 11.1 Å². The molecule has 5 heteroatoms. The maximum absolute atomic E-state index is 12.8. The molecule has 1 N–H and O–H groups in total. The minimum Gasteiger partial charge on any atom is -0.348 e. The Balaban J connectivity index is 1.33.